The normalized spacial score (nSPS) is 13.2. The molecule has 0 saturated carbocycles. The third kappa shape index (κ3) is 2.26. The van der Waals surface area contributed by atoms with Gasteiger partial charge in [-0.05, 0) is 12.3 Å². The summed E-state index contributed by atoms with van der Waals surface area (Å²) in [6, 6.07) is 0. The molecular formula is C10H17N5O. The molecule has 0 spiro atoms. The molecule has 0 saturated heterocycles. The molecule has 0 unspecified atom stereocenters. The van der Waals surface area contributed by atoms with Crippen LogP contribution in [0.15, 0.2) is 4.79 Å². The first-order chi connectivity index (χ1) is 7.66. The molecule has 0 aliphatic carbocycles. The van der Waals surface area contributed by atoms with Crippen LogP contribution in [0.1, 0.15) is 20.3 Å². The third-order valence-electron chi connectivity index (χ3n) is 2.48. The molecule has 0 aromatic carbocycles. The summed E-state index contributed by atoms with van der Waals surface area (Å²) in [5, 5.41) is 9.35. The Hall–Kier alpha value is -1.72. The number of aromatic amines is 1. The van der Waals surface area contributed by atoms with Crippen LogP contribution in [0.25, 0.3) is 0 Å². The minimum absolute atomic E-state index is 0.331. The Labute approximate surface area is 93.9 Å². The maximum Gasteiger partial charge on any atom is 0.348 e. The number of nitrogens with one attached hydrogen (secondary N) is 4. The fourth-order valence-corrected chi connectivity index (χ4v) is 1.61. The molecule has 2 heterocycles. The lowest BCUT2D eigenvalue weighted by Gasteiger charge is -2.10. The van der Waals surface area contributed by atoms with Crippen LogP contribution in [0.5, 0.6) is 0 Å². The molecule has 0 radical (unpaired) electrons. The van der Waals surface area contributed by atoms with Crippen molar-refractivity contribution in [3.8, 4) is 0 Å². The first kappa shape index (κ1) is 10.8. The van der Waals surface area contributed by atoms with E-state index in [9.17, 15) is 4.79 Å². The van der Waals surface area contributed by atoms with Gasteiger partial charge in [0.1, 0.15) is 11.5 Å². The Morgan fingerprint density at radius 3 is 3.00 bits per heavy atom. The van der Waals surface area contributed by atoms with E-state index >= 15 is 0 Å². The highest BCUT2D eigenvalue weighted by atomic mass is 16.1. The number of nitrogens with zero attached hydrogens (tertiary/aromatic N) is 1. The zero-order chi connectivity index (χ0) is 11.5. The molecule has 0 amide bonds. The van der Waals surface area contributed by atoms with Gasteiger partial charge in [0.15, 0.2) is 5.82 Å². The van der Waals surface area contributed by atoms with Gasteiger partial charge in [-0.15, -0.1) is 0 Å². The number of aromatic nitrogens is 2. The van der Waals surface area contributed by atoms with Crippen LogP contribution < -0.4 is 21.6 Å². The van der Waals surface area contributed by atoms with Gasteiger partial charge in [-0.2, -0.15) is 4.98 Å². The Bertz CT molecular complexity index is 426. The van der Waals surface area contributed by atoms with Gasteiger partial charge in [-0.1, -0.05) is 13.8 Å². The summed E-state index contributed by atoms with van der Waals surface area (Å²) >= 11 is 0. The van der Waals surface area contributed by atoms with E-state index < -0.39 is 0 Å². The first-order valence-corrected chi connectivity index (χ1v) is 5.52. The molecule has 6 nitrogen and oxygen atoms in total. The number of hydrogen-bond acceptors (Lipinski definition) is 5. The van der Waals surface area contributed by atoms with Crippen molar-refractivity contribution in [1.82, 2.24) is 9.97 Å². The van der Waals surface area contributed by atoms with E-state index in [1.807, 2.05) is 0 Å². The predicted molar refractivity (Wildman–Crippen MR) is 64.9 cm³/mol. The van der Waals surface area contributed by atoms with E-state index in [1.165, 1.54) is 0 Å². The molecule has 2 rings (SSSR count). The van der Waals surface area contributed by atoms with E-state index in [4.69, 9.17) is 0 Å². The molecule has 0 bridgehead atoms. The van der Waals surface area contributed by atoms with Gasteiger partial charge in [0.25, 0.3) is 0 Å². The molecule has 16 heavy (non-hydrogen) atoms. The van der Waals surface area contributed by atoms with Gasteiger partial charge in [-0.3, -0.25) is 4.98 Å². The van der Waals surface area contributed by atoms with Gasteiger partial charge in [0.05, 0.1) is 6.67 Å². The van der Waals surface area contributed by atoms with Crippen LogP contribution in [0.2, 0.25) is 0 Å². The largest absolute Gasteiger partial charge is 0.370 e. The summed E-state index contributed by atoms with van der Waals surface area (Å²) in [5.41, 5.74) is 0.519. The summed E-state index contributed by atoms with van der Waals surface area (Å²) < 4.78 is 0. The lowest BCUT2D eigenvalue weighted by atomic mass is 10.1. The molecule has 0 fully saturated rings. The summed E-state index contributed by atoms with van der Waals surface area (Å²) in [6.07, 6.45) is 1.06. The monoisotopic (exact) mass is 223 g/mol. The number of anilines is 3. The molecule has 0 atom stereocenters. The van der Waals surface area contributed by atoms with Crippen molar-refractivity contribution in [1.29, 1.82) is 0 Å². The average Bonchev–Trinajstić information content (AvgIpc) is 2.64. The molecule has 1 aromatic rings. The number of hydrogen-bond donors (Lipinski definition) is 4. The maximum atomic E-state index is 11.3. The molecular weight excluding hydrogens is 206 g/mol. The van der Waals surface area contributed by atoms with Crippen molar-refractivity contribution in [3.05, 3.63) is 10.5 Å². The third-order valence-corrected chi connectivity index (χ3v) is 2.48. The topological polar surface area (TPSA) is 81.8 Å². The van der Waals surface area contributed by atoms with Crippen LogP contribution in [0, 0.1) is 5.92 Å². The smallest absolute Gasteiger partial charge is 0.348 e. The Kier molecular flexibility index (Phi) is 2.98. The lowest BCUT2D eigenvalue weighted by Crippen LogP contribution is -2.16. The van der Waals surface area contributed by atoms with Gasteiger partial charge in [0, 0.05) is 6.54 Å². The Balaban J connectivity index is 2.11. The molecule has 1 aromatic heterocycles. The van der Waals surface area contributed by atoms with Crippen molar-refractivity contribution >= 4 is 17.3 Å². The van der Waals surface area contributed by atoms with Crippen LogP contribution >= 0.6 is 0 Å². The van der Waals surface area contributed by atoms with Crippen LogP contribution in [-0.2, 0) is 0 Å². The Morgan fingerprint density at radius 2 is 2.25 bits per heavy atom. The lowest BCUT2D eigenvalue weighted by molar-refractivity contribution is 0.606. The van der Waals surface area contributed by atoms with Crippen molar-refractivity contribution < 1.29 is 0 Å². The molecule has 1 aliphatic rings. The minimum atomic E-state index is -0.331. The molecule has 4 N–H and O–H groups in total. The van der Waals surface area contributed by atoms with Gasteiger partial charge >= 0.3 is 5.69 Å². The SMILES string of the molecule is CC(C)CCNc1[nH]c(=O)nc2c1NCN2. The van der Waals surface area contributed by atoms with Crippen molar-refractivity contribution in [2.45, 2.75) is 20.3 Å². The fraction of sp³-hybridized carbons (Fsp3) is 0.600. The predicted octanol–water partition coefficient (Wildman–Crippen LogP) is 1.02. The van der Waals surface area contributed by atoms with Gasteiger partial charge in [0.2, 0.25) is 0 Å². The zero-order valence-electron chi connectivity index (χ0n) is 9.55. The maximum absolute atomic E-state index is 11.3. The second-order valence-corrected chi connectivity index (χ2v) is 4.28. The fourth-order valence-electron chi connectivity index (χ4n) is 1.61. The molecule has 88 valence electrons. The second-order valence-electron chi connectivity index (χ2n) is 4.28. The van der Waals surface area contributed by atoms with Crippen LogP contribution in [0.4, 0.5) is 17.3 Å². The van der Waals surface area contributed by atoms with Crippen LogP contribution in [-0.4, -0.2) is 23.2 Å². The number of H-pyrrole nitrogens is 1. The van der Waals surface area contributed by atoms with E-state index in [0.717, 1.165) is 24.5 Å². The average molecular weight is 223 g/mol. The highest BCUT2D eigenvalue weighted by Crippen LogP contribution is 2.28. The van der Waals surface area contributed by atoms with E-state index in [1.54, 1.807) is 0 Å². The number of fused-ring (bicyclic) bond motifs is 1. The van der Waals surface area contributed by atoms with Crippen LogP contribution in [0.3, 0.4) is 0 Å². The van der Waals surface area contributed by atoms with E-state index in [0.29, 0.717) is 18.4 Å². The standard InChI is InChI=1S/C10H17N5O/c1-6(2)3-4-11-8-7-9(13-5-12-7)15-10(16)14-8/h6,12H,3-5H2,1-2H3,(H3,11,13,14,15,16). The van der Waals surface area contributed by atoms with E-state index in [-0.39, 0.29) is 5.69 Å². The van der Waals surface area contributed by atoms with E-state index in [2.05, 4.69) is 39.8 Å². The summed E-state index contributed by atoms with van der Waals surface area (Å²) in [5.74, 6) is 1.98. The summed E-state index contributed by atoms with van der Waals surface area (Å²) in [6.45, 7) is 5.78. The molecule has 6 heteroatoms. The second kappa shape index (κ2) is 4.42. The quantitative estimate of drug-likeness (QED) is 0.612. The number of rotatable bonds is 4. The zero-order valence-corrected chi connectivity index (χ0v) is 9.55. The van der Waals surface area contributed by atoms with Gasteiger partial charge < -0.3 is 16.0 Å². The summed E-state index contributed by atoms with van der Waals surface area (Å²) in [7, 11) is 0. The highest BCUT2D eigenvalue weighted by Gasteiger charge is 2.16. The first-order valence-electron chi connectivity index (χ1n) is 5.52. The van der Waals surface area contributed by atoms with Crippen molar-refractivity contribution in [2.75, 3.05) is 29.2 Å². The highest BCUT2D eigenvalue weighted by molar-refractivity contribution is 5.79. The summed E-state index contributed by atoms with van der Waals surface area (Å²) in [4.78, 5) is 17.8. The van der Waals surface area contributed by atoms with Crippen molar-refractivity contribution in [2.24, 2.45) is 5.92 Å². The Morgan fingerprint density at radius 1 is 1.44 bits per heavy atom. The van der Waals surface area contributed by atoms with Crippen molar-refractivity contribution in [3.63, 3.8) is 0 Å². The minimum Gasteiger partial charge on any atom is -0.370 e. The molecule has 1 aliphatic heterocycles. The van der Waals surface area contributed by atoms with Gasteiger partial charge in [-0.25, -0.2) is 4.79 Å².